The molecule has 0 aromatic heterocycles. The monoisotopic (exact) mass is 208 g/mol. The molecule has 2 rings (SSSR count). The van der Waals surface area contributed by atoms with Crippen LogP contribution in [0.15, 0.2) is 0 Å². The summed E-state index contributed by atoms with van der Waals surface area (Å²) in [6.45, 7) is 4.76. The second-order valence-corrected chi connectivity index (χ2v) is 6.63. The van der Waals surface area contributed by atoms with Gasteiger partial charge in [0.1, 0.15) is 0 Å². The maximum Gasteiger partial charge on any atom is -0.0297 e. The highest BCUT2D eigenvalue weighted by Gasteiger charge is 2.35. The van der Waals surface area contributed by atoms with Gasteiger partial charge in [0.05, 0.1) is 0 Å². The van der Waals surface area contributed by atoms with Crippen molar-refractivity contribution < 1.29 is 0 Å². The lowest BCUT2D eigenvalue weighted by Gasteiger charge is -2.43. The van der Waals surface area contributed by atoms with Gasteiger partial charge in [-0.3, -0.25) is 0 Å². The molecule has 0 heterocycles. The second-order valence-electron chi connectivity index (χ2n) is 6.63. The molecular formula is C15H28. The lowest BCUT2D eigenvalue weighted by atomic mass is 9.62. The van der Waals surface area contributed by atoms with Gasteiger partial charge in [0.2, 0.25) is 0 Å². The molecule has 0 saturated heterocycles. The molecule has 2 aliphatic rings. The van der Waals surface area contributed by atoms with Crippen molar-refractivity contribution in [1.82, 2.24) is 0 Å². The fraction of sp³-hybridized carbons (Fsp3) is 1.00. The van der Waals surface area contributed by atoms with Crippen LogP contribution in [0.2, 0.25) is 0 Å². The Labute approximate surface area is 95.8 Å². The molecule has 2 saturated carbocycles. The lowest BCUT2D eigenvalue weighted by Crippen LogP contribution is -2.30. The van der Waals surface area contributed by atoms with E-state index >= 15 is 0 Å². The Morgan fingerprint density at radius 3 is 2.07 bits per heavy atom. The van der Waals surface area contributed by atoms with E-state index < -0.39 is 0 Å². The van der Waals surface area contributed by atoms with Crippen LogP contribution in [0, 0.1) is 17.3 Å². The Bertz CT molecular complexity index is 176. The van der Waals surface area contributed by atoms with E-state index in [0.717, 1.165) is 17.3 Å². The van der Waals surface area contributed by atoms with E-state index in [1.807, 2.05) is 0 Å². The molecule has 0 aromatic rings. The summed E-state index contributed by atoms with van der Waals surface area (Å²) in [7, 11) is 0. The molecule has 0 aliphatic heterocycles. The van der Waals surface area contributed by atoms with Gasteiger partial charge in [-0.25, -0.2) is 0 Å². The van der Waals surface area contributed by atoms with E-state index in [2.05, 4.69) is 13.8 Å². The molecule has 0 heteroatoms. The summed E-state index contributed by atoms with van der Waals surface area (Å²) in [6.07, 6.45) is 15.4. The van der Waals surface area contributed by atoms with Crippen LogP contribution in [-0.2, 0) is 0 Å². The Morgan fingerprint density at radius 2 is 1.53 bits per heavy atom. The van der Waals surface area contributed by atoms with E-state index in [1.165, 1.54) is 38.5 Å². The SMILES string of the molecule is CC(C)CC1CCC2(CCCCC2)CC1. The average Bonchev–Trinajstić information content (AvgIpc) is 2.23. The first-order valence-corrected chi connectivity index (χ1v) is 7.20. The number of hydrogen-bond acceptors (Lipinski definition) is 0. The van der Waals surface area contributed by atoms with Crippen molar-refractivity contribution in [2.75, 3.05) is 0 Å². The van der Waals surface area contributed by atoms with Gasteiger partial charge < -0.3 is 0 Å². The van der Waals surface area contributed by atoms with Gasteiger partial charge >= 0.3 is 0 Å². The van der Waals surface area contributed by atoms with Crippen LogP contribution in [0.5, 0.6) is 0 Å². The maximum absolute atomic E-state index is 2.38. The minimum Gasteiger partial charge on any atom is -0.0628 e. The van der Waals surface area contributed by atoms with Crippen molar-refractivity contribution in [1.29, 1.82) is 0 Å². The third-order valence-electron chi connectivity index (χ3n) is 4.88. The molecule has 0 radical (unpaired) electrons. The molecular weight excluding hydrogens is 180 g/mol. The Kier molecular flexibility index (Phi) is 3.74. The predicted octanol–water partition coefficient (Wildman–Crippen LogP) is 5.17. The molecule has 2 fully saturated rings. The smallest absolute Gasteiger partial charge is 0.0297 e. The highest BCUT2D eigenvalue weighted by Crippen LogP contribution is 2.49. The Morgan fingerprint density at radius 1 is 0.933 bits per heavy atom. The molecule has 0 bridgehead atoms. The predicted molar refractivity (Wildman–Crippen MR) is 66.9 cm³/mol. The van der Waals surface area contributed by atoms with Crippen molar-refractivity contribution >= 4 is 0 Å². The minimum absolute atomic E-state index is 0.825. The quantitative estimate of drug-likeness (QED) is 0.587. The minimum atomic E-state index is 0.825. The second kappa shape index (κ2) is 4.89. The molecule has 0 aromatic carbocycles. The summed E-state index contributed by atoms with van der Waals surface area (Å²) >= 11 is 0. The Hall–Kier alpha value is 0. The molecule has 15 heavy (non-hydrogen) atoms. The fourth-order valence-electron chi connectivity index (χ4n) is 3.99. The molecule has 0 amide bonds. The van der Waals surface area contributed by atoms with Crippen LogP contribution in [0.1, 0.15) is 78.1 Å². The van der Waals surface area contributed by atoms with Gasteiger partial charge in [0.25, 0.3) is 0 Å². The summed E-state index contributed by atoms with van der Waals surface area (Å²) in [5, 5.41) is 0. The first-order chi connectivity index (χ1) is 7.20. The Balaban J connectivity index is 1.80. The van der Waals surface area contributed by atoms with Crippen molar-refractivity contribution in [3.8, 4) is 0 Å². The average molecular weight is 208 g/mol. The fourth-order valence-corrected chi connectivity index (χ4v) is 3.99. The first kappa shape index (κ1) is 11.5. The highest BCUT2D eigenvalue weighted by atomic mass is 14.4. The van der Waals surface area contributed by atoms with E-state index in [-0.39, 0.29) is 0 Å². The molecule has 88 valence electrons. The zero-order valence-electron chi connectivity index (χ0n) is 10.7. The van der Waals surface area contributed by atoms with E-state index in [0.29, 0.717) is 0 Å². The van der Waals surface area contributed by atoms with Crippen molar-refractivity contribution in [2.45, 2.75) is 78.1 Å². The summed E-state index contributed by atoms with van der Waals surface area (Å²) < 4.78 is 0. The molecule has 0 atom stereocenters. The summed E-state index contributed by atoms with van der Waals surface area (Å²) in [6, 6.07) is 0. The van der Waals surface area contributed by atoms with Crippen molar-refractivity contribution in [2.24, 2.45) is 17.3 Å². The zero-order valence-corrected chi connectivity index (χ0v) is 10.7. The van der Waals surface area contributed by atoms with Crippen molar-refractivity contribution in [3.63, 3.8) is 0 Å². The van der Waals surface area contributed by atoms with Crippen LogP contribution in [0.4, 0.5) is 0 Å². The maximum atomic E-state index is 2.38. The highest BCUT2D eigenvalue weighted by molar-refractivity contribution is 4.88. The van der Waals surface area contributed by atoms with Gasteiger partial charge in [-0.2, -0.15) is 0 Å². The van der Waals surface area contributed by atoms with Crippen LogP contribution in [-0.4, -0.2) is 0 Å². The summed E-state index contributed by atoms with van der Waals surface area (Å²) in [5.41, 5.74) is 0.825. The largest absolute Gasteiger partial charge is 0.0628 e. The molecule has 0 nitrogen and oxygen atoms in total. The lowest BCUT2D eigenvalue weighted by molar-refractivity contribution is 0.0906. The normalized spacial score (nSPS) is 27.4. The molecule has 0 unspecified atom stereocenters. The summed E-state index contributed by atoms with van der Waals surface area (Å²) in [4.78, 5) is 0. The topological polar surface area (TPSA) is 0 Å². The van der Waals surface area contributed by atoms with Gasteiger partial charge in [-0.1, -0.05) is 33.1 Å². The standard InChI is InChI=1S/C15H28/c1-13(2)12-14-6-10-15(11-7-14)8-4-3-5-9-15/h13-14H,3-12H2,1-2H3. The number of rotatable bonds is 2. The molecule has 2 aliphatic carbocycles. The van der Waals surface area contributed by atoms with Crippen LogP contribution < -0.4 is 0 Å². The van der Waals surface area contributed by atoms with E-state index in [1.54, 1.807) is 25.7 Å². The number of hydrogen-bond donors (Lipinski definition) is 0. The van der Waals surface area contributed by atoms with Crippen molar-refractivity contribution in [3.05, 3.63) is 0 Å². The summed E-state index contributed by atoms with van der Waals surface area (Å²) in [5.74, 6) is 1.98. The van der Waals surface area contributed by atoms with Crippen LogP contribution in [0.25, 0.3) is 0 Å². The third kappa shape index (κ3) is 2.98. The first-order valence-electron chi connectivity index (χ1n) is 7.20. The van der Waals surface area contributed by atoms with Gasteiger partial charge in [0.15, 0.2) is 0 Å². The van der Waals surface area contributed by atoms with E-state index in [4.69, 9.17) is 0 Å². The third-order valence-corrected chi connectivity index (χ3v) is 4.88. The van der Waals surface area contributed by atoms with Crippen LogP contribution >= 0.6 is 0 Å². The van der Waals surface area contributed by atoms with Crippen LogP contribution in [0.3, 0.4) is 0 Å². The molecule has 1 spiro atoms. The molecule has 0 N–H and O–H groups in total. The van der Waals surface area contributed by atoms with Gasteiger partial charge in [-0.05, 0) is 62.2 Å². The van der Waals surface area contributed by atoms with Gasteiger partial charge in [0, 0.05) is 0 Å². The zero-order chi connectivity index (χ0) is 10.7. The van der Waals surface area contributed by atoms with Gasteiger partial charge in [-0.15, -0.1) is 0 Å². The van der Waals surface area contributed by atoms with E-state index in [9.17, 15) is 0 Å².